The Balaban J connectivity index is 2.63. The van der Waals surface area contributed by atoms with Gasteiger partial charge in [-0.15, -0.1) is 0 Å². The highest BCUT2D eigenvalue weighted by Crippen LogP contribution is 2.20. The summed E-state index contributed by atoms with van der Waals surface area (Å²) in [5, 5.41) is 0.810. The van der Waals surface area contributed by atoms with Gasteiger partial charge in [-0.3, -0.25) is 4.79 Å². The number of nitrogen functional groups attached to an aromatic ring is 1. The van der Waals surface area contributed by atoms with Crippen LogP contribution in [-0.4, -0.2) is 23.8 Å². The zero-order valence-corrected chi connectivity index (χ0v) is 8.93. The van der Waals surface area contributed by atoms with Crippen molar-refractivity contribution in [3.63, 3.8) is 0 Å². The number of esters is 1. The minimum absolute atomic E-state index is 0.256. The molecule has 0 aliphatic carbocycles. The SMILES string of the molecule is COC(=O)CSc1ncc(N)cc1C. The molecule has 0 saturated heterocycles. The van der Waals surface area contributed by atoms with E-state index in [0.717, 1.165) is 10.6 Å². The number of hydrogen-bond acceptors (Lipinski definition) is 5. The summed E-state index contributed by atoms with van der Waals surface area (Å²) >= 11 is 1.35. The summed E-state index contributed by atoms with van der Waals surface area (Å²) in [5.74, 6) is 0.0156. The van der Waals surface area contributed by atoms with Gasteiger partial charge in [0.15, 0.2) is 0 Å². The van der Waals surface area contributed by atoms with Gasteiger partial charge >= 0.3 is 5.97 Å². The number of rotatable bonds is 3. The molecule has 0 amide bonds. The molecule has 0 unspecified atom stereocenters. The van der Waals surface area contributed by atoms with Gasteiger partial charge in [0.25, 0.3) is 0 Å². The van der Waals surface area contributed by atoms with E-state index in [0.29, 0.717) is 5.69 Å². The topological polar surface area (TPSA) is 65.2 Å². The van der Waals surface area contributed by atoms with Crippen molar-refractivity contribution in [3.8, 4) is 0 Å². The van der Waals surface area contributed by atoms with E-state index >= 15 is 0 Å². The third-order valence-corrected chi connectivity index (χ3v) is 2.69. The van der Waals surface area contributed by atoms with Crippen molar-refractivity contribution in [1.29, 1.82) is 0 Å². The van der Waals surface area contributed by atoms with Crippen LogP contribution in [0.2, 0.25) is 0 Å². The molecule has 0 fully saturated rings. The molecular weight excluding hydrogens is 200 g/mol. The summed E-state index contributed by atoms with van der Waals surface area (Å²) in [6.45, 7) is 1.91. The first-order valence-corrected chi connectivity index (χ1v) is 5.03. The molecule has 1 heterocycles. The summed E-state index contributed by atoms with van der Waals surface area (Å²) in [6.07, 6.45) is 1.58. The maximum absolute atomic E-state index is 10.9. The maximum Gasteiger partial charge on any atom is 0.316 e. The lowest BCUT2D eigenvalue weighted by Gasteiger charge is -2.03. The van der Waals surface area contributed by atoms with Crippen LogP contribution in [0, 0.1) is 6.92 Å². The second kappa shape index (κ2) is 4.85. The molecule has 1 aromatic heterocycles. The van der Waals surface area contributed by atoms with Crippen LogP contribution in [0.1, 0.15) is 5.56 Å². The second-order valence-electron chi connectivity index (χ2n) is 2.76. The Morgan fingerprint density at radius 3 is 3.00 bits per heavy atom. The molecule has 1 aromatic rings. The highest BCUT2D eigenvalue weighted by atomic mass is 32.2. The third kappa shape index (κ3) is 2.92. The molecule has 0 atom stereocenters. The fourth-order valence-electron chi connectivity index (χ4n) is 0.921. The molecule has 0 spiro atoms. The van der Waals surface area contributed by atoms with E-state index in [1.165, 1.54) is 18.9 Å². The monoisotopic (exact) mass is 212 g/mol. The van der Waals surface area contributed by atoms with Gasteiger partial charge in [0.1, 0.15) is 0 Å². The normalized spacial score (nSPS) is 9.86. The molecule has 0 bridgehead atoms. The molecule has 1 rings (SSSR count). The van der Waals surface area contributed by atoms with Crippen molar-refractivity contribution in [1.82, 2.24) is 4.98 Å². The molecular formula is C9H12N2O2S. The number of methoxy groups -OCH3 is 1. The number of ether oxygens (including phenoxy) is 1. The van der Waals surface area contributed by atoms with Gasteiger partial charge in [-0.2, -0.15) is 0 Å². The number of anilines is 1. The Morgan fingerprint density at radius 1 is 1.71 bits per heavy atom. The summed E-state index contributed by atoms with van der Waals surface area (Å²) in [7, 11) is 1.37. The van der Waals surface area contributed by atoms with Gasteiger partial charge in [0.2, 0.25) is 0 Å². The molecule has 14 heavy (non-hydrogen) atoms. The number of nitrogens with zero attached hydrogens (tertiary/aromatic N) is 1. The van der Waals surface area contributed by atoms with Gasteiger partial charge in [-0.1, -0.05) is 11.8 Å². The predicted octanol–water partition coefficient (Wildman–Crippen LogP) is 1.24. The lowest BCUT2D eigenvalue weighted by Crippen LogP contribution is -2.03. The first-order chi connectivity index (χ1) is 6.63. The fourth-order valence-corrected chi connectivity index (χ4v) is 1.71. The minimum atomic E-state index is -0.256. The molecule has 0 aromatic carbocycles. The Morgan fingerprint density at radius 2 is 2.43 bits per heavy atom. The zero-order valence-electron chi connectivity index (χ0n) is 8.11. The van der Waals surface area contributed by atoms with Crippen molar-refractivity contribution in [3.05, 3.63) is 17.8 Å². The fraction of sp³-hybridized carbons (Fsp3) is 0.333. The molecule has 0 aliphatic rings. The molecule has 4 nitrogen and oxygen atoms in total. The van der Waals surface area contributed by atoms with Gasteiger partial charge in [0, 0.05) is 0 Å². The highest BCUT2D eigenvalue weighted by Gasteiger charge is 2.05. The number of carbonyl (C=O) groups excluding carboxylic acids is 1. The van der Waals surface area contributed by atoms with E-state index in [4.69, 9.17) is 5.73 Å². The third-order valence-electron chi connectivity index (χ3n) is 1.61. The van der Waals surface area contributed by atoms with Crippen LogP contribution in [0.4, 0.5) is 5.69 Å². The Bertz CT molecular complexity index is 342. The average Bonchev–Trinajstić information content (AvgIpc) is 2.16. The number of pyridine rings is 1. The summed E-state index contributed by atoms with van der Waals surface area (Å²) < 4.78 is 4.52. The lowest BCUT2D eigenvalue weighted by atomic mass is 10.3. The van der Waals surface area contributed by atoms with E-state index in [1.807, 2.05) is 13.0 Å². The lowest BCUT2D eigenvalue weighted by molar-refractivity contribution is -0.137. The quantitative estimate of drug-likeness (QED) is 0.603. The van der Waals surface area contributed by atoms with Gasteiger partial charge in [-0.25, -0.2) is 4.98 Å². The molecule has 0 radical (unpaired) electrons. The van der Waals surface area contributed by atoms with Crippen LogP contribution in [0.25, 0.3) is 0 Å². The molecule has 0 saturated carbocycles. The van der Waals surface area contributed by atoms with E-state index in [1.54, 1.807) is 6.20 Å². The number of thioether (sulfide) groups is 1. The summed E-state index contributed by atoms with van der Waals surface area (Å²) in [5.41, 5.74) is 7.15. The minimum Gasteiger partial charge on any atom is -0.468 e. The van der Waals surface area contributed by atoms with Crippen molar-refractivity contribution >= 4 is 23.4 Å². The largest absolute Gasteiger partial charge is 0.468 e. The van der Waals surface area contributed by atoms with Crippen molar-refractivity contribution in [2.24, 2.45) is 0 Å². The number of nitrogens with two attached hydrogens (primary N) is 1. The standard InChI is InChI=1S/C9H12N2O2S/c1-6-3-7(10)4-11-9(6)14-5-8(12)13-2/h3-4H,5,10H2,1-2H3. The number of aryl methyl sites for hydroxylation is 1. The molecule has 5 heteroatoms. The Hall–Kier alpha value is -1.23. The first-order valence-electron chi connectivity index (χ1n) is 4.05. The van der Waals surface area contributed by atoms with Gasteiger partial charge in [-0.05, 0) is 18.6 Å². The summed E-state index contributed by atoms with van der Waals surface area (Å²) in [6, 6.07) is 1.83. The summed E-state index contributed by atoms with van der Waals surface area (Å²) in [4.78, 5) is 15.0. The number of hydrogen-bond donors (Lipinski definition) is 1. The zero-order chi connectivity index (χ0) is 10.6. The van der Waals surface area contributed by atoms with E-state index in [9.17, 15) is 4.79 Å². The second-order valence-corrected chi connectivity index (χ2v) is 3.72. The van der Waals surface area contributed by atoms with Crippen molar-refractivity contribution in [2.45, 2.75) is 11.9 Å². The van der Waals surface area contributed by atoms with Gasteiger partial charge in [0.05, 0.1) is 29.8 Å². The number of carbonyl (C=O) groups is 1. The number of aromatic nitrogens is 1. The molecule has 2 N–H and O–H groups in total. The van der Waals surface area contributed by atoms with Crippen LogP contribution in [0.15, 0.2) is 17.3 Å². The Labute approximate surface area is 86.8 Å². The van der Waals surface area contributed by atoms with Crippen LogP contribution < -0.4 is 5.73 Å². The van der Waals surface area contributed by atoms with E-state index < -0.39 is 0 Å². The van der Waals surface area contributed by atoms with Crippen LogP contribution in [-0.2, 0) is 9.53 Å². The predicted molar refractivity (Wildman–Crippen MR) is 56.1 cm³/mol. The molecule has 76 valence electrons. The maximum atomic E-state index is 10.9. The van der Waals surface area contributed by atoms with E-state index in [2.05, 4.69) is 9.72 Å². The van der Waals surface area contributed by atoms with Crippen molar-refractivity contribution < 1.29 is 9.53 Å². The van der Waals surface area contributed by atoms with Crippen LogP contribution >= 0.6 is 11.8 Å². The van der Waals surface area contributed by atoms with E-state index in [-0.39, 0.29) is 11.7 Å². The smallest absolute Gasteiger partial charge is 0.316 e. The first kappa shape index (κ1) is 10.8. The molecule has 0 aliphatic heterocycles. The van der Waals surface area contributed by atoms with Crippen LogP contribution in [0.5, 0.6) is 0 Å². The Kier molecular flexibility index (Phi) is 3.76. The van der Waals surface area contributed by atoms with Gasteiger partial charge < -0.3 is 10.5 Å². The average molecular weight is 212 g/mol. The van der Waals surface area contributed by atoms with Crippen LogP contribution in [0.3, 0.4) is 0 Å². The van der Waals surface area contributed by atoms with Crippen molar-refractivity contribution in [2.75, 3.05) is 18.6 Å². The highest BCUT2D eigenvalue weighted by molar-refractivity contribution is 7.99.